The summed E-state index contributed by atoms with van der Waals surface area (Å²) in [5, 5.41) is 4.44. The van der Waals surface area contributed by atoms with Gasteiger partial charge in [-0.15, -0.1) is 0 Å². The number of thioether (sulfide) groups is 1. The first-order valence-electron chi connectivity index (χ1n) is 6.34. The Hall–Kier alpha value is -0.610. The Bertz CT molecular complexity index is 321. The Balaban J connectivity index is 2.47. The molecule has 0 bridgehead atoms. The first kappa shape index (κ1) is 14.5. The highest BCUT2D eigenvalue weighted by molar-refractivity contribution is 7.99. The summed E-state index contributed by atoms with van der Waals surface area (Å²) in [6, 6.07) is 2.57. The van der Waals surface area contributed by atoms with Crippen molar-refractivity contribution < 1.29 is 0 Å². The third kappa shape index (κ3) is 5.50. The van der Waals surface area contributed by atoms with Crippen molar-refractivity contribution in [2.24, 2.45) is 0 Å². The summed E-state index contributed by atoms with van der Waals surface area (Å²) in [7, 11) is 0. The molecule has 0 aliphatic carbocycles. The van der Waals surface area contributed by atoms with Gasteiger partial charge in [-0.1, -0.05) is 25.6 Å². The van der Waals surface area contributed by atoms with Crippen molar-refractivity contribution in [2.45, 2.75) is 51.7 Å². The standard InChI is InChI=1S/C13H23N3S/c1-5-7-14-12(6-2)9-17-13-15-10(3)8-11(4)16-13/h8,12,14H,5-7,9H2,1-4H3. The minimum atomic E-state index is 0.560. The highest BCUT2D eigenvalue weighted by Crippen LogP contribution is 2.16. The fraction of sp³-hybridized carbons (Fsp3) is 0.692. The van der Waals surface area contributed by atoms with Crippen molar-refractivity contribution in [1.29, 1.82) is 0 Å². The summed E-state index contributed by atoms with van der Waals surface area (Å²) in [5.41, 5.74) is 2.10. The van der Waals surface area contributed by atoms with Gasteiger partial charge in [-0.3, -0.25) is 0 Å². The zero-order valence-electron chi connectivity index (χ0n) is 11.3. The lowest BCUT2D eigenvalue weighted by atomic mass is 10.2. The van der Waals surface area contributed by atoms with Crippen molar-refractivity contribution in [3.8, 4) is 0 Å². The first-order valence-corrected chi connectivity index (χ1v) is 7.32. The molecule has 1 N–H and O–H groups in total. The second-order valence-corrected chi connectivity index (χ2v) is 5.29. The maximum absolute atomic E-state index is 4.44. The topological polar surface area (TPSA) is 37.8 Å². The molecule has 0 radical (unpaired) electrons. The van der Waals surface area contributed by atoms with Crippen LogP contribution in [0.1, 0.15) is 38.1 Å². The van der Waals surface area contributed by atoms with E-state index < -0.39 is 0 Å². The Labute approximate surface area is 109 Å². The van der Waals surface area contributed by atoms with Gasteiger partial charge in [0.25, 0.3) is 0 Å². The predicted molar refractivity (Wildman–Crippen MR) is 74.6 cm³/mol. The largest absolute Gasteiger partial charge is 0.313 e. The molecule has 1 unspecified atom stereocenters. The molecule has 1 aromatic rings. The van der Waals surface area contributed by atoms with E-state index in [4.69, 9.17) is 0 Å². The van der Waals surface area contributed by atoms with Gasteiger partial charge in [-0.25, -0.2) is 9.97 Å². The summed E-state index contributed by atoms with van der Waals surface area (Å²) < 4.78 is 0. The SMILES string of the molecule is CCCNC(CC)CSc1nc(C)cc(C)n1. The van der Waals surface area contributed by atoms with Gasteiger partial charge >= 0.3 is 0 Å². The van der Waals surface area contributed by atoms with Gasteiger partial charge in [-0.05, 0) is 39.3 Å². The number of hydrogen-bond acceptors (Lipinski definition) is 4. The molecule has 17 heavy (non-hydrogen) atoms. The third-order valence-corrected chi connectivity index (χ3v) is 3.56. The van der Waals surface area contributed by atoms with Crippen LogP contribution < -0.4 is 5.32 Å². The van der Waals surface area contributed by atoms with Crippen LogP contribution in [0.4, 0.5) is 0 Å². The number of nitrogens with zero attached hydrogens (tertiary/aromatic N) is 2. The molecule has 1 rings (SSSR count). The highest BCUT2D eigenvalue weighted by atomic mass is 32.2. The van der Waals surface area contributed by atoms with Crippen LogP contribution in [0.5, 0.6) is 0 Å². The van der Waals surface area contributed by atoms with E-state index in [0.29, 0.717) is 6.04 Å². The summed E-state index contributed by atoms with van der Waals surface area (Å²) >= 11 is 1.75. The van der Waals surface area contributed by atoms with Gasteiger partial charge in [-0.2, -0.15) is 0 Å². The van der Waals surface area contributed by atoms with Crippen molar-refractivity contribution in [2.75, 3.05) is 12.3 Å². The molecule has 1 atom stereocenters. The summed E-state index contributed by atoms with van der Waals surface area (Å²) in [4.78, 5) is 8.89. The molecule has 0 spiro atoms. The molecule has 0 aliphatic heterocycles. The quantitative estimate of drug-likeness (QED) is 0.599. The highest BCUT2D eigenvalue weighted by Gasteiger charge is 2.07. The van der Waals surface area contributed by atoms with E-state index in [0.717, 1.165) is 35.3 Å². The Morgan fingerprint density at radius 2 is 1.88 bits per heavy atom. The van der Waals surface area contributed by atoms with Crippen LogP contribution in [0.2, 0.25) is 0 Å². The second-order valence-electron chi connectivity index (χ2n) is 4.30. The van der Waals surface area contributed by atoms with Crippen LogP contribution in [0, 0.1) is 13.8 Å². The normalized spacial score (nSPS) is 12.7. The van der Waals surface area contributed by atoms with Crippen LogP contribution in [0.25, 0.3) is 0 Å². The molecule has 1 aromatic heterocycles. The lowest BCUT2D eigenvalue weighted by molar-refractivity contribution is 0.539. The molecule has 1 heterocycles. The lowest BCUT2D eigenvalue weighted by Gasteiger charge is -2.15. The molecule has 96 valence electrons. The first-order chi connectivity index (χ1) is 8.15. The zero-order valence-corrected chi connectivity index (χ0v) is 12.1. The molecule has 0 saturated heterocycles. The number of hydrogen-bond donors (Lipinski definition) is 1. The van der Waals surface area contributed by atoms with Crippen molar-refractivity contribution in [3.63, 3.8) is 0 Å². The lowest BCUT2D eigenvalue weighted by Crippen LogP contribution is -2.31. The minimum Gasteiger partial charge on any atom is -0.313 e. The third-order valence-electron chi connectivity index (χ3n) is 2.55. The van der Waals surface area contributed by atoms with E-state index in [-0.39, 0.29) is 0 Å². The Kier molecular flexibility index (Phi) is 6.52. The minimum absolute atomic E-state index is 0.560. The van der Waals surface area contributed by atoms with E-state index in [9.17, 15) is 0 Å². The molecule has 0 aromatic carbocycles. The molecule has 0 saturated carbocycles. The molecular weight excluding hydrogens is 230 g/mol. The maximum Gasteiger partial charge on any atom is 0.188 e. The van der Waals surface area contributed by atoms with Crippen LogP contribution in [0.15, 0.2) is 11.2 Å². The smallest absolute Gasteiger partial charge is 0.188 e. The number of rotatable bonds is 7. The van der Waals surface area contributed by atoms with Crippen LogP contribution in [-0.2, 0) is 0 Å². The van der Waals surface area contributed by atoms with Crippen molar-refractivity contribution >= 4 is 11.8 Å². The zero-order chi connectivity index (χ0) is 12.7. The van der Waals surface area contributed by atoms with Crippen LogP contribution in [-0.4, -0.2) is 28.3 Å². The van der Waals surface area contributed by atoms with Gasteiger partial charge in [0.15, 0.2) is 5.16 Å². The Morgan fingerprint density at radius 1 is 1.24 bits per heavy atom. The average molecular weight is 253 g/mol. The number of nitrogens with one attached hydrogen (secondary N) is 1. The average Bonchev–Trinajstić information content (AvgIpc) is 2.28. The molecule has 0 amide bonds. The number of aromatic nitrogens is 2. The van der Waals surface area contributed by atoms with E-state index in [1.165, 1.54) is 6.42 Å². The van der Waals surface area contributed by atoms with Gasteiger partial charge in [0, 0.05) is 23.2 Å². The summed E-state index contributed by atoms with van der Waals surface area (Å²) in [6.07, 6.45) is 2.33. The molecule has 0 aliphatic rings. The van der Waals surface area contributed by atoms with Crippen LogP contribution >= 0.6 is 11.8 Å². The molecule has 4 heteroatoms. The van der Waals surface area contributed by atoms with Gasteiger partial charge in [0.05, 0.1) is 0 Å². The summed E-state index contributed by atoms with van der Waals surface area (Å²) in [5.74, 6) is 1.04. The fourth-order valence-electron chi connectivity index (χ4n) is 1.60. The van der Waals surface area contributed by atoms with Gasteiger partial charge in [0.1, 0.15) is 0 Å². The van der Waals surface area contributed by atoms with E-state index in [2.05, 4.69) is 29.1 Å². The summed E-state index contributed by atoms with van der Waals surface area (Å²) in [6.45, 7) is 9.54. The van der Waals surface area contributed by atoms with E-state index in [1.54, 1.807) is 11.8 Å². The maximum atomic E-state index is 4.44. The predicted octanol–water partition coefficient (Wildman–Crippen LogP) is 2.96. The Morgan fingerprint density at radius 3 is 2.41 bits per heavy atom. The monoisotopic (exact) mass is 253 g/mol. The van der Waals surface area contributed by atoms with Crippen molar-refractivity contribution in [3.05, 3.63) is 17.5 Å². The van der Waals surface area contributed by atoms with Crippen molar-refractivity contribution in [1.82, 2.24) is 15.3 Å². The van der Waals surface area contributed by atoms with Gasteiger partial charge in [0.2, 0.25) is 0 Å². The van der Waals surface area contributed by atoms with E-state index in [1.807, 2.05) is 19.9 Å². The van der Waals surface area contributed by atoms with E-state index >= 15 is 0 Å². The van der Waals surface area contributed by atoms with Crippen LogP contribution in [0.3, 0.4) is 0 Å². The number of aryl methyl sites for hydroxylation is 2. The molecular formula is C13H23N3S. The molecule has 0 fully saturated rings. The molecule has 3 nitrogen and oxygen atoms in total. The van der Waals surface area contributed by atoms with Gasteiger partial charge < -0.3 is 5.32 Å². The second kappa shape index (κ2) is 7.67. The fourth-order valence-corrected chi connectivity index (χ4v) is 2.72.